The number of aromatic nitrogens is 2. The van der Waals surface area contributed by atoms with Crippen molar-refractivity contribution < 1.29 is 9.84 Å². The topological polar surface area (TPSA) is 50.5 Å². The molecule has 0 radical (unpaired) electrons. The summed E-state index contributed by atoms with van der Waals surface area (Å²) in [7, 11) is 1.81. The van der Waals surface area contributed by atoms with Crippen LogP contribution >= 0.6 is 11.6 Å². The first-order chi connectivity index (χ1) is 15.7. The minimum Gasteiger partial charge on any atom is -0.383 e. The Morgan fingerprint density at radius 2 is 1.94 bits per heavy atom. The van der Waals surface area contributed by atoms with Gasteiger partial charge in [0.2, 0.25) is 0 Å². The third kappa shape index (κ3) is 4.44. The smallest absolute Gasteiger partial charge is 0.141 e. The van der Waals surface area contributed by atoms with E-state index in [4.69, 9.17) is 21.3 Å². The third-order valence-corrected chi connectivity index (χ3v) is 7.57. The average molecular weight is 468 g/mol. The van der Waals surface area contributed by atoms with Crippen LogP contribution in [0.15, 0.2) is 36.4 Å². The second-order valence-corrected chi connectivity index (χ2v) is 10.9. The van der Waals surface area contributed by atoms with Crippen molar-refractivity contribution in [2.24, 2.45) is 5.92 Å². The van der Waals surface area contributed by atoms with E-state index in [1.54, 1.807) is 0 Å². The number of hydrogen-bond donors (Lipinski definition) is 1. The molecule has 0 saturated carbocycles. The van der Waals surface area contributed by atoms with E-state index in [9.17, 15) is 5.11 Å². The number of aryl methyl sites for hydroxylation is 1. The van der Waals surface area contributed by atoms with Gasteiger partial charge in [-0.05, 0) is 86.9 Å². The average Bonchev–Trinajstić information content (AvgIpc) is 3.33. The zero-order valence-corrected chi connectivity index (χ0v) is 20.8. The van der Waals surface area contributed by atoms with Gasteiger partial charge in [0.05, 0.1) is 23.2 Å². The van der Waals surface area contributed by atoms with Crippen LogP contribution in [0.1, 0.15) is 48.8 Å². The second kappa shape index (κ2) is 8.70. The molecule has 0 amide bonds. The van der Waals surface area contributed by atoms with E-state index < -0.39 is 5.60 Å². The number of halogens is 1. The summed E-state index contributed by atoms with van der Waals surface area (Å²) in [5.41, 5.74) is 5.00. The molecular formula is C27H34ClN3O2. The summed E-state index contributed by atoms with van der Waals surface area (Å²) in [6, 6.07) is 12.8. The highest BCUT2D eigenvalue weighted by molar-refractivity contribution is 6.30. The fourth-order valence-corrected chi connectivity index (χ4v) is 6.00. The van der Waals surface area contributed by atoms with Gasteiger partial charge in [0.15, 0.2) is 0 Å². The molecule has 0 spiro atoms. The van der Waals surface area contributed by atoms with Gasteiger partial charge < -0.3 is 19.3 Å². The zero-order chi connectivity index (χ0) is 23.3. The number of fused-ring (bicyclic) bond motifs is 2. The summed E-state index contributed by atoms with van der Waals surface area (Å²) >= 11 is 6.21. The van der Waals surface area contributed by atoms with E-state index in [0.29, 0.717) is 11.7 Å². The molecule has 2 aliphatic rings. The molecule has 6 heteroatoms. The van der Waals surface area contributed by atoms with Crippen LogP contribution in [0.2, 0.25) is 5.02 Å². The number of aliphatic hydroxyl groups is 1. The SMILES string of the molecule is CO[C@@H]1CN(CC2Cc3ccc(Cl)cc3C2)CC[C@H]1n1c(C(C)(C)O)nc2cc(C)ccc21. The number of piperidine rings is 1. The quantitative estimate of drug-likeness (QED) is 0.579. The number of methoxy groups -OCH3 is 1. The molecule has 1 aliphatic carbocycles. The molecule has 1 saturated heterocycles. The van der Waals surface area contributed by atoms with Crippen molar-refractivity contribution in [2.75, 3.05) is 26.7 Å². The first-order valence-corrected chi connectivity index (χ1v) is 12.3. The number of benzene rings is 2. The monoisotopic (exact) mass is 467 g/mol. The number of likely N-dealkylation sites (tertiary alicyclic amines) is 1. The van der Waals surface area contributed by atoms with Gasteiger partial charge in [0.25, 0.3) is 0 Å². The molecule has 3 atom stereocenters. The highest BCUT2D eigenvalue weighted by Crippen LogP contribution is 2.36. The number of ether oxygens (including phenoxy) is 1. The largest absolute Gasteiger partial charge is 0.383 e. The Balaban J connectivity index is 1.36. The Labute approximate surface area is 201 Å². The Hall–Kier alpha value is -1.92. The molecule has 3 aromatic rings. The van der Waals surface area contributed by atoms with E-state index in [0.717, 1.165) is 55.0 Å². The van der Waals surface area contributed by atoms with Crippen molar-refractivity contribution in [1.29, 1.82) is 0 Å². The maximum absolute atomic E-state index is 10.9. The van der Waals surface area contributed by atoms with Crippen molar-refractivity contribution in [3.8, 4) is 0 Å². The molecule has 1 unspecified atom stereocenters. The molecule has 2 aromatic carbocycles. The highest BCUT2D eigenvalue weighted by Gasteiger charge is 2.37. The molecule has 176 valence electrons. The Bertz CT molecular complexity index is 1170. The third-order valence-electron chi connectivity index (χ3n) is 7.34. The molecule has 1 aromatic heterocycles. The summed E-state index contributed by atoms with van der Waals surface area (Å²) in [6.07, 6.45) is 3.23. The van der Waals surface area contributed by atoms with Gasteiger partial charge in [0, 0.05) is 31.8 Å². The van der Waals surface area contributed by atoms with Crippen molar-refractivity contribution in [3.05, 3.63) is 63.9 Å². The Kier molecular flexibility index (Phi) is 6.02. The lowest BCUT2D eigenvalue weighted by Crippen LogP contribution is -2.47. The van der Waals surface area contributed by atoms with Crippen molar-refractivity contribution in [3.63, 3.8) is 0 Å². The van der Waals surface area contributed by atoms with E-state index in [-0.39, 0.29) is 12.1 Å². The maximum atomic E-state index is 10.9. The minimum absolute atomic E-state index is 0.0387. The van der Waals surface area contributed by atoms with Crippen LogP contribution in [0.25, 0.3) is 11.0 Å². The molecule has 1 aliphatic heterocycles. The van der Waals surface area contributed by atoms with Crippen LogP contribution in [-0.4, -0.2) is 52.4 Å². The maximum Gasteiger partial charge on any atom is 0.141 e. The molecule has 5 nitrogen and oxygen atoms in total. The van der Waals surface area contributed by atoms with Gasteiger partial charge in [-0.3, -0.25) is 0 Å². The van der Waals surface area contributed by atoms with Crippen LogP contribution < -0.4 is 0 Å². The number of nitrogens with zero attached hydrogens (tertiary/aromatic N) is 3. The second-order valence-electron chi connectivity index (χ2n) is 10.4. The van der Waals surface area contributed by atoms with E-state index >= 15 is 0 Å². The van der Waals surface area contributed by atoms with Gasteiger partial charge in [0.1, 0.15) is 11.4 Å². The first kappa shape index (κ1) is 22.9. The lowest BCUT2D eigenvalue weighted by Gasteiger charge is -2.40. The van der Waals surface area contributed by atoms with Crippen LogP contribution in [0.4, 0.5) is 0 Å². The fraction of sp³-hybridized carbons (Fsp3) is 0.519. The highest BCUT2D eigenvalue weighted by atomic mass is 35.5. The first-order valence-electron chi connectivity index (χ1n) is 12.0. The van der Waals surface area contributed by atoms with Gasteiger partial charge in [-0.25, -0.2) is 4.98 Å². The van der Waals surface area contributed by atoms with E-state index in [2.05, 4.69) is 46.7 Å². The number of imidazole rings is 1. The molecule has 1 N–H and O–H groups in total. The molecule has 1 fully saturated rings. The summed E-state index contributed by atoms with van der Waals surface area (Å²) in [5.74, 6) is 1.34. The normalized spacial score (nSPS) is 23.9. The van der Waals surface area contributed by atoms with Gasteiger partial charge in [-0.2, -0.15) is 0 Å². The van der Waals surface area contributed by atoms with E-state index in [1.165, 1.54) is 16.7 Å². The molecule has 0 bridgehead atoms. The predicted octanol–water partition coefficient (Wildman–Crippen LogP) is 4.90. The molecular weight excluding hydrogens is 434 g/mol. The Morgan fingerprint density at radius 3 is 2.70 bits per heavy atom. The van der Waals surface area contributed by atoms with Gasteiger partial charge in [-0.1, -0.05) is 23.7 Å². The Morgan fingerprint density at radius 1 is 1.15 bits per heavy atom. The molecule has 2 heterocycles. The summed E-state index contributed by atoms with van der Waals surface area (Å²) in [4.78, 5) is 7.41. The summed E-state index contributed by atoms with van der Waals surface area (Å²) in [5, 5.41) is 11.8. The van der Waals surface area contributed by atoms with Crippen molar-refractivity contribution >= 4 is 22.6 Å². The van der Waals surface area contributed by atoms with Crippen molar-refractivity contribution in [1.82, 2.24) is 14.5 Å². The minimum atomic E-state index is -1.03. The summed E-state index contributed by atoms with van der Waals surface area (Å²) in [6.45, 7) is 8.67. The van der Waals surface area contributed by atoms with Gasteiger partial charge in [-0.15, -0.1) is 0 Å². The lowest BCUT2D eigenvalue weighted by atomic mass is 9.97. The van der Waals surface area contributed by atoms with Crippen LogP contribution in [-0.2, 0) is 23.2 Å². The number of hydrogen-bond acceptors (Lipinski definition) is 4. The van der Waals surface area contributed by atoms with Crippen molar-refractivity contribution in [2.45, 2.75) is 57.8 Å². The van der Waals surface area contributed by atoms with Crippen LogP contribution in [0, 0.1) is 12.8 Å². The van der Waals surface area contributed by atoms with Crippen LogP contribution in [0.3, 0.4) is 0 Å². The van der Waals surface area contributed by atoms with E-state index in [1.807, 2.05) is 27.0 Å². The molecule has 5 rings (SSSR count). The summed E-state index contributed by atoms with van der Waals surface area (Å²) < 4.78 is 8.29. The van der Waals surface area contributed by atoms with Gasteiger partial charge >= 0.3 is 0 Å². The van der Waals surface area contributed by atoms with Crippen LogP contribution in [0.5, 0.6) is 0 Å². The standard InChI is InChI=1S/C27H34ClN3O2/c1-17-5-8-23-22(11-17)29-26(27(2,3)32)31(23)24-9-10-30(16-25(24)33-4)15-18-12-19-6-7-21(28)14-20(19)13-18/h5-8,11,14,18,24-25,32H,9-10,12-13,15-16H2,1-4H3/t18?,24-,25-/m1/s1. The lowest BCUT2D eigenvalue weighted by molar-refractivity contribution is -0.0151. The molecule has 33 heavy (non-hydrogen) atoms. The zero-order valence-electron chi connectivity index (χ0n) is 20.0. The fourth-order valence-electron chi connectivity index (χ4n) is 5.81. The predicted molar refractivity (Wildman–Crippen MR) is 133 cm³/mol. The number of rotatable bonds is 5.